The second-order valence-corrected chi connectivity index (χ2v) is 5.71. The van der Waals surface area contributed by atoms with Crippen molar-refractivity contribution >= 4 is 11.9 Å². The second kappa shape index (κ2) is 8.15. The summed E-state index contributed by atoms with van der Waals surface area (Å²) in [5.74, 6) is -0.714. The summed E-state index contributed by atoms with van der Waals surface area (Å²) in [7, 11) is 1.33. The molecule has 0 fully saturated rings. The fourth-order valence-electron chi connectivity index (χ4n) is 2.72. The molecule has 2 N–H and O–H groups in total. The number of nitrogens with zero attached hydrogens (tertiary/aromatic N) is 1. The van der Waals surface area contributed by atoms with Gasteiger partial charge in [-0.25, -0.2) is 4.79 Å². The Bertz CT molecular complexity index is 814. The molecule has 0 radical (unpaired) electrons. The molecule has 1 heterocycles. The number of esters is 1. The molecule has 0 aliphatic heterocycles. The maximum atomic E-state index is 12.6. The third-order valence-corrected chi connectivity index (χ3v) is 3.94. The first-order valence-corrected chi connectivity index (χ1v) is 8.08. The predicted octanol–water partition coefficient (Wildman–Crippen LogP) is 2.86. The van der Waals surface area contributed by atoms with Crippen molar-refractivity contribution in [3.8, 4) is 6.07 Å². The Balaban J connectivity index is 2.20. The second-order valence-electron chi connectivity index (χ2n) is 5.71. The Morgan fingerprint density at radius 2 is 1.96 bits per heavy atom. The number of aryl methyl sites for hydroxylation is 1. The Morgan fingerprint density at radius 3 is 2.52 bits per heavy atom. The molecule has 6 heteroatoms. The highest BCUT2D eigenvalue weighted by molar-refractivity contribution is 6.00. The van der Waals surface area contributed by atoms with Gasteiger partial charge in [-0.15, -0.1) is 0 Å². The molecule has 0 saturated heterocycles. The third kappa shape index (κ3) is 4.07. The van der Waals surface area contributed by atoms with Gasteiger partial charge < -0.3 is 15.0 Å². The Hall–Kier alpha value is -3.07. The molecule has 0 bridgehead atoms. The van der Waals surface area contributed by atoms with Crippen molar-refractivity contribution in [2.24, 2.45) is 0 Å². The van der Waals surface area contributed by atoms with Gasteiger partial charge in [0.05, 0.1) is 24.3 Å². The lowest BCUT2D eigenvalue weighted by Crippen LogP contribution is -2.24. The first-order valence-electron chi connectivity index (χ1n) is 8.08. The van der Waals surface area contributed by atoms with E-state index in [0.29, 0.717) is 41.0 Å². The topological polar surface area (TPSA) is 95.0 Å². The van der Waals surface area contributed by atoms with Gasteiger partial charge in [-0.1, -0.05) is 25.5 Å². The number of aromatic nitrogens is 1. The molecule has 0 atom stereocenters. The van der Waals surface area contributed by atoms with E-state index in [1.165, 1.54) is 7.11 Å². The molecule has 0 saturated carbocycles. The van der Waals surface area contributed by atoms with E-state index < -0.39 is 5.97 Å². The zero-order chi connectivity index (χ0) is 18.4. The zero-order valence-electron chi connectivity index (χ0n) is 14.6. The number of amides is 1. The first kappa shape index (κ1) is 18.3. The molecule has 0 aliphatic rings. The summed E-state index contributed by atoms with van der Waals surface area (Å²) in [5.41, 5.74) is 3.60. The third-order valence-electron chi connectivity index (χ3n) is 3.94. The first-order chi connectivity index (χ1) is 12.0. The molecule has 0 unspecified atom stereocenters. The molecular formula is C19H21N3O3. The van der Waals surface area contributed by atoms with Crippen molar-refractivity contribution in [3.63, 3.8) is 0 Å². The average molecular weight is 339 g/mol. The normalized spacial score (nSPS) is 10.2. The number of nitriles is 1. The predicted molar refractivity (Wildman–Crippen MR) is 93.2 cm³/mol. The largest absolute Gasteiger partial charge is 0.465 e. The summed E-state index contributed by atoms with van der Waals surface area (Å²) >= 11 is 0. The summed E-state index contributed by atoms with van der Waals surface area (Å²) in [6.07, 6.45) is 1.41. The van der Waals surface area contributed by atoms with E-state index in [1.807, 2.05) is 6.92 Å². The minimum Gasteiger partial charge on any atom is -0.465 e. The average Bonchev–Trinajstić information content (AvgIpc) is 2.96. The van der Waals surface area contributed by atoms with Gasteiger partial charge in [-0.2, -0.15) is 5.26 Å². The molecule has 0 spiro atoms. The minimum atomic E-state index is -0.441. The van der Waals surface area contributed by atoms with Gasteiger partial charge in [-0.3, -0.25) is 4.79 Å². The molecule has 1 aromatic carbocycles. The molecular weight excluding hydrogens is 318 g/mol. The van der Waals surface area contributed by atoms with Crippen molar-refractivity contribution in [2.45, 2.75) is 33.2 Å². The summed E-state index contributed by atoms with van der Waals surface area (Å²) in [6.45, 7) is 4.08. The van der Waals surface area contributed by atoms with Gasteiger partial charge in [0.2, 0.25) is 0 Å². The van der Waals surface area contributed by atoms with Crippen molar-refractivity contribution in [1.82, 2.24) is 10.3 Å². The van der Waals surface area contributed by atoms with Crippen LogP contribution in [0.25, 0.3) is 0 Å². The van der Waals surface area contributed by atoms with Crippen LogP contribution in [0.1, 0.15) is 56.6 Å². The lowest BCUT2D eigenvalue weighted by Gasteiger charge is -2.07. The highest BCUT2D eigenvalue weighted by Gasteiger charge is 2.24. The Morgan fingerprint density at radius 1 is 1.28 bits per heavy atom. The quantitative estimate of drug-likeness (QED) is 0.791. The van der Waals surface area contributed by atoms with Gasteiger partial charge in [0.1, 0.15) is 5.69 Å². The maximum Gasteiger partial charge on any atom is 0.339 e. The maximum absolute atomic E-state index is 12.6. The number of carbonyl (C=O) groups is 2. The van der Waals surface area contributed by atoms with Crippen molar-refractivity contribution in [3.05, 3.63) is 57.9 Å². The Kier molecular flexibility index (Phi) is 5.96. The number of carbonyl (C=O) groups excluding carboxylic acids is 2. The molecule has 2 aromatic rings. The van der Waals surface area contributed by atoms with Crippen LogP contribution in [-0.4, -0.2) is 24.0 Å². The molecule has 1 amide bonds. The number of benzene rings is 1. The van der Waals surface area contributed by atoms with Crippen LogP contribution in [-0.2, 0) is 17.7 Å². The number of nitrogens with one attached hydrogen (secondary N) is 2. The number of hydrogen-bond acceptors (Lipinski definition) is 4. The molecule has 2 rings (SSSR count). The fraction of sp³-hybridized carbons (Fsp3) is 0.316. The van der Waals surface area contributed by atoms with Crippen molar-refractivity contribution in [2.75, 3.05) is 7.11 Å². The van der Waals surface area contributed by atoms with Crippen LogP contribution in [0.15, 0.2) is 24.3 Å². The summed E-state index contributed by atoms with van der Waals surface area (Å²) in [4.78, 5) is 27.6. The monoisotopic (exact) mass is 339 g/mol. The number of aromatic amines is 1. The SMILES string of the molecule is CCCc1c(C(=O)NCc2ccc(C#N)cc2)[nH]c(C)c1C(=O)OC. The lowest BCUT2D eigenvalue weighted by atomic mass is 10.0. The number of methoxy groups -OCH3 is 1. The highest BCUT2D eigenvalue weighted by atomic mass is 16.5. The van der Waals surface area contributed by atoms with E-state index in [-0.39, 0.29) is 5.91 Å². The minimum absolute atomic E-state index is 0.272. The molecule has 0 aliphatic carbocycles. The number of ether oxygens (including phenoxy) is 1. The Labute approximate surface area is 146 Å². The van der Waals surface area contributed by atoms with Crippen molar-refractivity contribution < 1.29 is 14.3 Å². The summed E-state index contributed by atoms with van der Waals surface area (Å²) < 4.78 is 4.83. The standard InChI is InChI=1S/C19H21N3O3/c1-4-5-15-16(19(24)25-3)12(2)22-17(15)18(23)21-11-14-8-6-13(10-20)7-9-14/h6-9,22H,4-5,11H2,1-3H3,(H,21,23). The highest BCUT2D eigenvalue weighted by Crippen LogP contribution is 2.22. The summed E-state index contributed by atoms with van der Waals surface area (Å²) in [6, 6.07) is 9.06. The van der Waals surface area contributed by atoms with Gasteiger partial charge in [0, 0.05) is 12.2 Å². The number of H-pyrrole nitrogens is 1. The fourth-order valence-corrected chi connectivity index (χ4v) is 2.72. The molecule has 6 nitrogen and oxygen atoms in total. The van der Waals surface area contributed by atoms with Crippen LogP contribution in [0.4, 0.5) is 0 Å². The van der Waals surface area contributed by atoms with E-state index in [4.69, 9.17) is 10.00 Å². The van der Waals surface area contributed by atoms with E-state index in [1.54, 1.807) is 31.2 Å². The zero-order valence-corrected chi connectivity index (χ0v) is 14.6. The molecule has 130 valence electrons. The van der Waals surface area contributed by atoms with Crippen molar-refractivity contribution in [1.29, 1.82) is 5.26 Å². The van der Waals surface area contributed by atoms with Crippen LogP contribution in [0.2, 0.25) is 0 Å². The van der Waals surface area contributed by atoms with Gasteiger partial charge in [0.15, 0.2) is 0 Å². The number of hydrogen-bond donors (Lipinski definition) is 2. The van der Waals surface area contributed by atoms with Crippen LogP contribution in [0.5, 0.6) is 0 Å². The lowest BCUT2D eigenvalue weighted by molar-refractivity contribution is 0.0599. The molecule has 1 aromatic heterocycles. The number of rotatable bonds is 6. The van der Waals surface area contributed by atoms with Gasteiger partial charge in [0.25, 0.3) is 5.91 Å². The van der Waals surface area contributed by atoms with Crippen LogP contribution < -0.4 is 5.32 Å². The van der Waals surface area contributed by atoms with Gasteiger partial charge >= 0.3 is 5.97 Å². The summed E-state index contributed by atoms with van der Waals surface area (Å²) in [5, 5.41) is 11.7. The van der Waals surface area contributed by atoms with Crippen LogP contribution in [0, 0.1) is 18.3 Å². The van der Waals surface area contributed by atoms with Crippen LogP contribution in [0.3, 0.4) is 0 Å². The van der Waals surface area contributed by atoms with E-state index in [0.717, 1.165) is 12.0 Å². The van der Waals surface area contributed by atoms with E-state index >= 15 is 0 Å². The van der Waals surface area contributed by atoms with E-state index in [2.05, 4.69) is 16.4 Å². The van der Waals surface area contributed by atoms with Gasteiger partial charge in [-0.05, 0) is 36.6 Å². The molecule has 25 heavy (non-hydrogen) atoms. The van der Waals surface area contributed by atoms with E-state index in [9.17, 15) is 9.59 Å². The van der Waals surface area contributed by atoms with Crippen LogP contribution >= 0.6 is 0 Å². The smallest absolute Gasteiger partial charge is 0.339 e.